The van der Waals surface area contributed by atoms with E-state index in [1.165, 1.54) is 0 Å². The van der Waals surface area contributed by atoms with Crippen molar-refractivity contribution in [2.45, 2.75) is 59.4 Å². The van der Waals surface area contributed by atoms with E-state index in [4.69, 9.17) is 9.47 Å². The average molecular weight is 745 g/mol. The molecule has 0 atom stereocenters. The Labute approximate surface area is 316 Å². The summed E-state index contributed by atoms with van der Waals surface area (Å²) in [6, 6.07) is 24.0. The Morgan fingerprint density at radius 2 is 1.00 bits per heavy atom. The number of carbonyl (C=O) groups is 3. The molecule has 0 bridgehead atoms. The van der Waals surface area contributed by atoms with Crippen molar-refractivity contribution in [3.8, 4) is 0 Å². The summed E-state index contributed by atoms with van der Waals surface area (Å²) in [6.45, 7) is 21.2. The van der Waals surface area contributed by atoms with Crippen molar-refractivity contribution in [3.05, 3.63) is 83.9 Å². The van der Waals surface area contributed by atoms with Crippen LogP contribution in [0.25, 0.3) is 21.5 Å². The lowest BCUT2D eigenvalue weighted by molar-refractivity contribution is 0.0230. The number of rotatable bonds is 4. The summed E-state index contributed by atoms with van der Waals surface area (Å²) in [5, 5.41) is 13.8. The van der Waals surface area contributed by atoms with Crippen molar-refractivity contribution in [1.29, 1.82) is 0 Å². The molecule has 286 valence electrons. The van der Waals surface area contributed by atoms with E-state index in [0.29, 0.717) is 31.7 Å². The summed E-state index contributed by atoms with van der Waals surface area (Å²) in [7, 11) is 1.08. The van der Waals surface area contributed by atoms with Gasteiger partial charge in [0, 0.05) is 80.1 Å². The Bertz CT molecular complexity index is 1840. The van der Waals surface area contributed by atoms with Gasteiger partial charge < -0.3 is 34.2 Å². The SMILES string of the molecule is CC(C)(C)OC(=O)N1CCN(c2ccc(C=O)c3ccccc23)CC1.CC(C)(C)OC(=O)N1CCN(c2ccc(CO)c3ccccc23)CC1.CPC. The molecule has 2 saturated heterocycles. The largest absolute Gasteiger partial charge is 0.444 e. The summed E-state index contributed by atoms with van der Waals surface area (Å²) in [6.07, 6.45) is 0.396. The summed E-state index contributed by atoms with van der Waals surface area (Å²) in [4.78, 5) is 43.8. The second-order valence-electron chi connectivity index (χ2n) is 15.2. The van der Waals surface area contributed by atoms with Crippen molar-refractivity contribution in [2.75, 3.05) is 75.5 Å². The lowest BCUT2D eigenvalue weighted by Gasteiger charge is -2.37. The molecule has 0 unspecified atom stereocenters. The van der Waals surface area contributed by atoms with Crippen LogP contribution < -0.4 is 9.80 Å². The Morgan fingerprint density at radius 3 is 1.40 bits per heavy atom. The van der Waals surface area contributed by atoms with E-state index in [2.05, 4.69) is 35.3 Å². The van der Waals surface area contributed by atoms with Gasteiger partial charge in [-0.05, 0) is 89.4 Å². The number of anilines is 2. The molecule has 4 aromatic carbocycles. The van der Waals surface area contributed by atoms with Gasteiger partial charge >= 0.3 is 12.2 Å². The Morgan fingerprint density at radius 1 is 0.623 bits per heavy atom. The number of aliphatic hydroxyl groups excluding tert-OH is 1. The van der Waals surface area contributed by atoms with Crippen molar-refractivity contribution in [1.82, 2.24) is 9.80 Å². The molecular weight excluding hydrogens is 687 g/mol. The molecule has 4 aromatic rings. The second kappa shape index (κ2) is 18.6. The third kappa shape index (κ3) is 11.3. The van der Waals surface area contributed by atoms with Crippen molar-refractivity contribution >= 4 is 60.0 Å². The molecule has 6 rings (SSSR count). The maximum Gasteiger partial charge on any atom is 0.410 e. The summed E-state index contributed by atoms with van der Waals surface area (Å²) in [5.74, 6) is 0. The third-order valence-corrected chi connectivity index (χ3v) is 8.77. The zero-order chi connectivity index (χ0) is 38.8. The summed E-state index contributed by atoms with van der Waals surface area (Å²) >= 11 is 0. The van der Waals surface area contributed by atoms with E-state index in [-0.39, 0.29) is 18.8 Å². The number of ether oxygens (including phenoxy) is 2. The van der Waals surface area contributed by atoms with Crippen LogP contribution in [0.2, 0.25) is 0 Å². The highest BCUT2D eigenvalue weighted by Gasteiger charge is 2.28. The molecule has 0 aromatic heterocycles. The van der Waals surface area contributed by atoms with Gasteiger partial charge in [0.15, 0.2) is 6.29 Å². The zero-order valence-corrected chi connectivity index (χ0v) is 33.6. The number of aliphatic hydroxyl groups is 1. The first-order valence-corrected chi connectivity index (χ1v) is 20.3. The minimum absolute atomic E-state index is 0.0349. The van der Waals surface area contributed by atoms with Crippen LogP contribution in [0.3, 0.4) is 0 Å². The van der Waals surface area contributed by atoms with Crippen LogP contribution in [0.4, 0.5) is 21.0 Å². The van der Waals surface area contributed by atoms with Crippen LogP contribution in [0.1, 0.15) is 57.5 Å². The number of aldehydes is 1. The third-order valence-electron chi connectivity index (χ3n) is 8.77. The number of hydrogen-bond acceptors (Lipinski definition) is 8. The molecule has 1 N–H and O–H groups in total. The quantitative estimate of drug-likeness (QED) is 0.166. The number of nitrogens with zero attached hydrogens (tertiary/aromatic N) is 4. The summed E-state index contributed by atoms with van der Waals surface area (Å²) < 4.78 is 10.9. The van der Waals surface area contributed by atoms with Gasteiger partial charge in [-0.1, -0.05) is 54.6 Å². The maximum absolute atomic E-state index is 12.2. The van der Waals surface area contributed by atoms with Crippen LogP contribution in [0, 0.1) is 0 Å². The first-order valence-electron chi connectivity index (χ1n) is 18.3. The van der Waals surface area contributed by atoms with Gasteiger partial charge in [0.1, 0.15) is 11.2 Å². The van der Waals surface area contributed by atoms with Gasteiger partial charge in [0.25, 0.3) is 0 Å². The van der Waals surface area contributed by atoms with Crippen LogP contribution in [0.15, 0.2) is 72.8 Å². The molecule has 11 heteroatoms. The smallest absolute Gasteiger partial charge is 0.410 e. The van der Waals surface area contributed by atoms with Crippen LogP contribution in [-0.2, 0) is 16.1 Å². The highest BCUT2D eigenvalue weighted by atomic mass is 31.1. The molecule has 10 nitrogen and oxygen atoms in total. The molecule has 2 aliphatic heterocycles. The molecule has 0 saturated carbocycles. The molecule has 53 heavy (non-hydrogen) atoms. The highest BCUT2D eigenvalue weighted by molar-refractivity contribution is 7.35. The molecule has 0 radical (unpaired) electrons. The Kier molecular flexibility index (Phi) is 14.5. The predicted molar refractivity (Wildman–Crippen MR) is 219 cm³/mol. The topological polar surface area (TPSA) is 103 Å². The second-order valence-corrected chi connectivity index (χ2v) is 16.2. The maximum atomic E-state index is 12.2. The Balaban J connectivity index is 0.000000220. The number of piperazine rings is 2. The number of amides is 2. The zero-order valence-electron chi connectivity index (χ0n) is 32.6. The van der Waals surface area contributed by atoms with Crippen LogP contribution in [-0.4, -0.2) is 110 Å². The van der Waals surface area contributed by atoms with Crippen molar-refractivity contribution in [3.63, 3.8) is 0 Å². The van der Waals surface area contributed by atoms with Gasteiger partial charge in [0.2, 0.25) is 0 Å². The van der Waals surface area contributed by atoms with Crippen LogP contribution in [0.5, 0.6) is 0 Å². The van der Waals surface area contributed by atoms with E-state index in [9.17, 15) is 19.5 Å². The van der Waals surface area contributed by atoms with Crippen molar-refractivity contribution in [2.24, 2.45) is 0 Å². The fourth-order valence-electron chi connectivity index (χ4n) is 6.36. The molecule has 2 aliphatic rings. The molecule has 2 heterocycles. The van der Waals surface area contributed by atoms with E-state index >= 15 is 0 Å². The molecule has 0 aliphatic carbocycles. The first kappa shape index (κ1) is 41.4. The standard InChI is InChI=1S/C20H26N2O3.C20H24N2O3.C2H7P/c2*1-20(2,3)25-19(24)22-12-10-21(11-13-22)18-9-8-15(14-23)16-6-4-5-7-17(16)18;1-3-2/h4-9,23H,10-14H2,1-3H3;4-9,14H,10-13H2,1-3H3;3H,1-2H3. The minimum Gasteiger partial charge on any atom is -0.444 e. The normalized spacial score (nSPS) is 14.9. The van der Waals surface area contributed by atoms with Crippen molar-refractivity contribution < 1.29 is 29.0 Å². The first-order chi connectivity index (χ1) is 25.2. The predicted octanol–water partition coefficient (Wildman–Crippen LogP) is 8.02. The minimum atomic E-state index is -0.477. The van der Waals surface area contributed by atoms with Crippen LogP contribution >= 0.6 is 8.58 Å². The molecule has 2 amide bonds. The Hall–Kier alpha value is -4.40. The monoisotopic (exact) mass is 744 g/mol. The van der Waals surface area contributed by atoms with E-state index < -0.39 is 11.2 Å². The number of fused-ring (bicyclic) bond motifs is 2. The van der Waals surface area contributed by atoms with Gasteiger partial charge in [-0.25, -0.2) is 9.59 Å². The van der Waals surface area contributed by atoms with E-state index in [1.54, 1.807) is 9.80 Å². The van der Waals surface area contributed by atoms with Gasteiger partial charge in [-0.15, -0.1) is 8.58 Å². The number of hydrogen-bond donors (Lipinski definition) is 1. The van der Waals surface area contributed by atoms with E-state index in [0.717, 1.165) is 79.5 Å². The number of benzene rings is 4. The van der Waals surface area contributed by atoms with E-state index in [1.807, 2.05) is 102 Å². The lowest BCUT2D eigenvalue weighted by atomic mass is 10.0. The lowest BCUT2D eigenvalue weighted by Crippen LogP contribution is -2.50. The molecule has 2 fully saturated rings. The highest BCUT2D eigenvalue weighted by Crippen LogP contribution is 2.32. The number of carbonyl (C=O) groups excluding carboxylic acids is 3. The molecule has 0 spiro atoms. The average Bonchev–Trinajstić information content (AvgIpc) is 3.13. The van der Waals surface area contributed by atoms with Gasteiger partial charge in [0.05, 0.1) is 6.61 Å². The fourth-order valence-corrected chi connectivity index (χ4v) is 6.36. The van der Waals surface area contributed by atoms with Gasteiger partial charge in [-0.2, -0.15) is 0 Å². The molecular formula is C42H57N4O6P. The summed E-state index contributed by atoms with van der Waals surface area (Å²) in [5.41, 5.74) is 2.94. The van der Waals surface area contributed by atoms with Gasteiger partial charge in [-0.3, -0.25) is 4.79 Å². The fraction of sp³-hybridized carbons (Fsp3) is 0.452.